The van der Waals surface area contributed by atoms with Crippen molar-refractivity contribution in [3.05, 3.63) is 89.6 Å². The van der Waals surface area contributed by atoms with Gasteiger partial charge in [-0.05, 0) is 87.8 Å². The number of hydrogen-bond acceptors (Lipinski definition) is 9. The second-order valence-electron chi connectivity index (χ2n) is 11.4. The maximum absolute atomic E-state index is 13.2. The topological polar surface area (TPSA) is 119 Å². The summed E-state index contributed by atoms with van der Waals surface area (Å²) in [5.74, 6) is 2.64. The molecule has 1 atom stereocenters. The van der Waals surface area contributed by atoms with E-state index in [1.165, 1.54) is 43.4 Å². The number of nitrogens with one attached hydrogen (secondary N) is 1. The lowest BCUT2D eigenvalue weighted by Gasteiger charge is -2.31. The van der Waals surface area contributed by atoms with E-state index in [1.54, 1.807) is 45.6 Å². The van der Waals surface area contributed by atoms with Crippen molar-refractivity contribution in [1.82, 2.24) is 14.9 Å². The molecule has 5 rings (SSSR count). The number of aryl methyl sites for hydroxylation is 1. The number of amides is 1. The lowest BCUT2D eigenvalue weighted by atomic mass is 9.94. The molecule has 2 N–H and O–H groups in total. The van der Waals surface area contributed by atoms with E-state index in [0.717, 1.165) is 24.3 Å². The number of methoxy groups -OCH3 is 3. The first-order valence-electron chi connectivity index (χ1n) is 15.8. The minimum absolute atomic E-state index is 0.151. The van der Waals surface area contributed by atoms with Gasteiger partial charge in [0.05, 0.1) is 34.0 Å². The highest BCUT2D eigenvalue weighted by Crippen LogP contribution is 2.42. The van der Waals surface area contributed by atoms with Gasteiger partial charge in [0.2, 0.25) is 5.95 Å². The van der Waals surface area contributed by atoms with Gasteiger partial charge in [0.1, 0.15) is 28.8 Å². The number of hydrogen-bond donors (Lipinski definition) is 2. The van der Waals surface area contributed by atoms with E-state index < -0.39 is 12.1 Å². The van der Waals surface area contributed by atoms with Crippen molar-refractivity contribution >= 4 is 23.5 Å². The Kier molecular flexibility index (Phi) is 11.3. The normalized spacial score (nSPS) is 13.8. The van der Waals surface area contributed by atoms with E-state index in [9.17, 15) is 9.90 Å². The van der Waals surface area contributed by atoms with E-state index in [2.05, 4.69) is 20.2 Å². The molecule has 1 aliphatic rings. The Morgan fingerprint density at radius 2 is 1.66 bits per heavy atom. The smallest absolute Gasteiger partial charge is 0.413 e. The summed E-state index contributed by atoms with van der Waals surface area (Å²) in [6.45, 7) is 5.94. The average Bonchev–Trinajstić information content (AvgIpc) is 3.09. The summed E-state index contributed by atoms with van der Waals surface area (Å²) in [5.41, 5.74) is 2.80. The zero-order valence-corrected chi connectivity index (χ0v) is 27.4. The summed E-state index contributed by atoms with van der Waals surface area (Å²) >= 11 is 0. The molecule has 0 bridgehead atoms. The van der Waals surface area contributed by atoms with Crippen molar-refractivity contribution in [3.63, 3.8) is 0 Å². The molecule has 1 saturated heterocycles. The summed E-state index contributed by atoms with van der Waals surface area (Å²) in [4.78, 5) is 25.9. The Hall–Kier alpha value is -5.03. The summed E-state index contributed by atoms with van der Waals surface area (Å²) in [6.07, 6.45) is 5.13. The first-order chi connectivity index (χ1) is 22.9. The number of rotatable bonds is 14. The number of likely N-dealkylation sites (tertiary alicyclic amines) is 1. The van der Waals surface area contributed by atoms with Crippen molar-refractivity contribution in [2.75, 3.05) is 57.8 Å². The molecular formula is C36H43N5O6. The van der Waals surface area contributed by atoms with Gasteiger partial charge in [-0.3, -0.25) is 0 Å². The Bertz CT molecular complexity index is 1640. The first kappa shape index (κ1) is 33.3. The molecule has 0 radical (unpaired) electrons. The van der Waals surface area contributed by atoms with Crippen molar-refractivity contribution in [2.24, 2.45) is 0 Å². The summed E-state index contributed by atoms with van der Waals surface area (Å²) in [6, 6.07) is 19.1. The van der Waals surface area contributed by atoms with Crippen LogP contribution < -0.4 is 29.2 Å². The van der Waals surface area contributed by atoms with E-state index in [-0.39, 0.29) is 11.8 Å². The molecule has 1 amide bonds. The van der Waals surface area contributed by atoms with Gasteiger partial charge in [-0.25, -0.2) is 14.7 Å². The molecule has 0 aliphatic carbocycles. The highest BCUT2D eigenvalue weighted by molar-refractivity contribution is 5.87. The Balaban J connectivity index is 1.43. The molecule has 1 unspecified atom stereocenters. The Morgan fingerprint density at radius 1 is 0.915 bits per heavy atom. The largest absolute Gasteiger partial charge is 0.497 e. The molecule has 0 saturated carbocycles. The predicted molar refractivity (Wildman–Crippen MR) is 182 cm³/mol. The van der Waals surface area contributed by atoms with Crippen LogP contribution in [0.3, 0.4) is 0 Å². The first-order valence-corrected chi connectivity index (χ1v) is 15.8. The SMILES string of the molecule is COc1ccc(OC)c(C(c2cc(C)ccc2OC)N(C(=O)O)c2ccnc(Nc3cccc(OCCCN4CCCCC4)c3)n2)c1. The lowest BCUT2D eigenvalue weighted by Crippen LogP contribution is -2.35. The third-order valence-electron chi connectivity index (χ3n) is 8.19. The molecular weight excluding hydrogens is 598 g/mol. The summed E-state index contributed by atoms with van der Waals surface area (Å²) in [7, 11) is 4.65. The van der Waals surface area contributed by atoms with Crippen LogP contribution in [0.1, 0.15) is 48.4 Å². The minimum Gasteiger partial charge on any atom is -0.497 e. The maximum Gasteiger partial charge on any atom is 0.413 e. The summed E-state index contributed by atoms with van der Waals surface area (Å²) in [5, 5.41) is 14.0. The van der Waals surface area contributed by atoms with Crippen LogP contribution >= 0.6 is 0 Å². The zero-order valence-electron chi connectivity index (χ0n) is 27.4. The zero-order chi connectivity index (χ0) is 33.2. The van der Waals surface area contributed by atoms with E-state index >= 15 is 0 Å². The molecule has 248 valence electrons. The number of nitrogens with zero attached hydrogens (tertiary/aromatic N) is 4. The molecule has 2 heterocycles. The Morgan fingerprint density at radius 3 is 2.38 bits per heavy atom. The van der Waals surface area contributed by atoms with Gasteiger partial charge >= 0.3 is 6.09 Å². The molecule has 1 aliphatic heterocycles. The van der Waals surface area contributed by atoms with Crippen molar-refractivity contribution in [2.45, 2.75) is 38.6 Å². The molecule has 1 fully saturated rings. The van der Waals surface area contributed by atoms with Crippen molar-refractivity contribution < 1.29 is 28.8 Å². The summed E-state index contributed by atoms with van der Waals surface area (Å²) < 4.78 is 23.0. The van der Waals surface area contributed by atoms with Crippen LogP contribution in [0.25, 0.3) is 0 Å². The van der Waals surface area contributed by atoms with Crippen LogP contribution in [-0.4, -0.2) is 73.6 Å². The maximum atomic E-state index is 13.2. The molecule has 1 aromatic heterocycles. The second-order valence-corrected chi connectivity index (χ2v) is 11.4. The van der Waals surface area contributed by atoms with Gasteiger partial charge in [-0.2, -0.15) is 4.98 Å². The third-order valence-corrected chi connectivity index (χ3v) is 8.19. The fraction of sp³-hybridized carbons (Fsp3) is 0.361. The van der Waals surface area contributed by atoms with Crippen LogP contribution in [0.2, 0.25) is 0 Å². The number of piperidine rings is 1. The molecule has 47 heavy (non-hydrogen) atoms. The Labute approximate surface area is 276 Å². The van der Waals surface area contributed by atoms with Gasteiger partial charge in [0, 0.05) is 35.6 Å². The molecule has 0 spiro atoms. The highest BCUT2D eigenvalue weighted by atomic mass is 16.5. The number of ether oxygens (including phenoxy) is 4. The number of benzene rings is 3. The fourth-order valence-electron chi connectivity index (χ4n) is 5.90. The van der Waals surface area contributed by atoms with Gasteiger partial charge in [0.25, 0.3) is 0 Å². The average molecular weight is 642 g/mol. The lowest BCUT2D eigenvalue weighted by molar-refractivity contribution is 0.199. The van der Waals surface area contributed by atoms with Crippen LogP contribution in [0.4, 0.5) is 22.2 Å². The van der Waals surface area contributed by atoms with Gasteiger partial charge < -0.3 is 34.3 Å². The molecule has 4 aromatic rings. The highest BCUT2D eigenvalue weighted by Gasteiger charge is 2.34. The van der Waals surface area contributed by atoms with Crippen LogP contribution in [0, 0.1) is 6.92 Å². The van der Waals surface area contributed by atoms with E-state index in [0.29, 0.717) is 40.7 Å². The third kappa shape index (κ3) is 8.42. The quantitative estimate of drug-likeness (QED) is 0.138. The van der Waals surface area contributed by atoms with Gasteiger partial charge in [-0.15, -0.1) is 0 Å². The van der Waals surface area contributed by atoms with Crippen LogP contribution in [0.15, 0.2) is 72.9 Å². The molecule has 3 aromatic carbocycles. The van der Waals surface area contributed by atoms with Crippen molar-refractivity contribution in [3.8, 4) is 23.0 Å². The van der Waals surface area contributed by atoms with Crippen LogP contribution in [0.5, 0.6) is 23.0 Å². The fourth-order valence-corrected chi connectivity index (χ4v) is 5.90. The van der Waals surface area contributed by atoms with Crippen LogP contribution in [-0.2, 0) is 0 Å². The number of anilines is 3. The monoisotopic (exact) mass is 641 g/mol. The van der Waals surface area contributed by atoms with Gasteiger partial charge in [-0.1, -0.05) is 24.1 Å². The number of aromatic nitrogens is 2. The predicted octanol–water partition coefficient (Wildman–Crippen LogP) is 7.08. The van der Waals surface area contributed by atoms with Gasteiger partial charge in [0.15, 0.2) is 0 Å². The van der Waals surface area contributed by atoms with E-state index in [1.807, 2.05) is 49.4 Å². The standard InChI is InChI=1S/C36H43N5O6/c1-25-12-14-31(45-3)29(22-25)34(30-24-27(44-2)13-15-32(30)46-4)41(36(42)43)33-16-17-37-35(39-33)38-26-10-8-11-28(23-26)47-21-9-20-40-18-6-5-7-19-40/h8,10-17,22-24,34H,5-7,9,18-21H2,1-4H3,(H,42,43)(H,37,38,39). The number of carbonyl (C=O) groups is 1. The minimum atomic E-state index is -1.23. The molecule has 11 nitrogen and oxygen atoms in total. The molecule has 11 heteroatoms. The number of carboxylic acid groups (broad SMARTS) is 1. The second kappa shape index (κ2) is 16.0. The van der Waals surface area contributed by atoms with Crippen molar-refractivity contribution in [1.29, 1.82) is 0 Å². The van der Waals surface area contributed by atoms with E-state index in [4.69, 9.17) is 18.9 Å².